The minimum Gasteiger partial charge on any atom is -0.314 e. The summed E-state index contributed by atoms with van der Waals surface area (Å²) in [7, 11) is 0. The molecule has 5 nitrogen and oxygen atoms in total. The molecule has 1 N–H and O–H groups in total. The van der Waals surface area contributed by atoms with Crippen LogP contribution in [-0.4, -0.2) is 32.6 Å². The molecule has 0 bridgehead atoms. The van der Waals surface area contributed by atoms with E-state index in [0.29, 0.717) is 6.04 Å². The van der Waals surface area contributed by atoms with Crippen molar-refractivity contribution in [2.75, 3.05) is 6.54 Å². The zero-order chi connectivity index (χ0) is 14.7. The SMILES string of the molecule is Cc1ccc(-n2nc(C)c(CCNC(C)C)c2C)nn1. The second kappa shape index (κ2) is 6.13. The van der Waals surface area contributed by atoms with Crippen molar-refractivity contribution in [2.45, 2.75) is 47.1 Å². The average molecular weight is 273 g/mol. The number of rotatable bonds is 5. The third-order valence-electron chi connectivity index (χ3n) is 3.37. The standard InChI is InChI=1S/C15H23N5/c1-10(2)16-9-8-14-12(4)19-20(13(14)5)15-7-6-11(3)17-18-15/h6-7,10,16H,8-9H2,1-5H3. The Morgan fingerprint density at radius 3 is 2.50 bits per heavy atom. The Kier molecular flexibility index (Phi) is 4.49. The first-order chi connectivity index (χ1) is 9.49. The second-order valence-corrected chi connectivity index (χ2v) is 5.45. The summed E-state index contributed by atoms with van der Waals surface area (Å²) in [5, 5.41) is 16.3. The van der Waals surface area contributed by atoms with E-state index in [4.69, 9.17) is 0 Å². The second-order valence-electron chi connectivity index (χ2n) is 5.45. The topological polar surface area (TPSA) is 55.6 Å². The largest absolute Gasteiger partial charge is 0.314 e. The fourth-order valence-corrected chi connectivity index (χ4v) is 2.25. The Balaban J connectivity index is 2.22. The summed E-state index contributed by atoms with van der Waals surface area (Å²) in [5.41, 5.74) is 4.42. The summed E-state index contributed by atoms with van der Waals surface area (Å²) >= 11 is 0. The van der Waals surface area contributed by atoms with Crippen LogP contribution in [0.5, 0.6) is 0 Å². The van der Waals surface area contributed by atoms with E-state index < -0.39 is 0 Å². The van der Waals surface area contributed by atoms with Gasteiger partial charge in [-0.3, -0.25) is 0 Å². The van der Waals surface area contributed by atoms with Crippen molar-refractivity contribution in [1.82, 2.24) is 25.3 Å². The summed E-state index contributed by atoms with van der Waals surface area (Å²) in [6.45, 7) is 11.4. The molecule has 2 rings (SSSR count). The van der Waals surface area contributed by atoms with Gasteiger partial charge in [-0.05, 0) is 51.4 Å². The molecule has 2 heterocycles. The lowest BCUT2D eigenvalue weighted by Gasteiger charge is -2.08. The first-order valence-corrected chi connectivity index (χ1v) is 7.08. The summed E-state index contributed by atoms with van der Waals surface area (Å²) < 4.78 is 1.88. The summed E-state index contributed by atoms with van der Waals surface area (Å²) in [6, 6.07) is 4.42. The Bertz CT molecular complexity index is 569. The van der Waals surface area contributed by atoms with E-state index in [0.717, 1.165) is 35.9 Å². The average Bonchev–Trinajstić information content (AvgIpc) is 2.67. The first-order valence-electron chi connectivity index (χ1n) is 7.08. The summed E-state index contributed by atoms with van der Waals surface area (Å²) in [6.07, 6.45) is 0.981. The van der Waals surface area contributed by atoms with Crippen molar-refractivity contribution in [3.63, 3.8) is 0 Å². The van der Waals surface area contributed by atoms with Crippen molar-refractivity contribution in [1.29, 1.82) is 0 Å². The number of nitrogens with one attached hydrogen (secondary N) is 1. The van der Waals surface area contributed by atoms with E-state index in [1.165, 1.54) is 5.56 Å². The van der Waals surface area contributed by atoms with Crippen LogP contribution in [0.1, 0.15) is 36.5 Å². The molecule has 0 aliphatic rings. The Hall–Kier alpha value is -1.75. The highest BCUT2D eigenvalue weighted by molar-refractivity contribution is 5.32. The first kappa shape index (κ1) is 14.7. The van der Waals surface area contributed by atoms with Crippen molar-refractivity contribution in [2.24, 2.45) is 0 Å². The number of hydrogen-bond donors (Lipinski definition) is 1. The van der Waals surface area contributed by atoms with E-state index in [1.54, 1.807) is 0 Å². The molecular weight excluding hydrogens is 250 g/mol. The third kappa shape index (κ3) is 3.22. The molecule has 108 valence electrons. The highest BCUT2D eigenvalue weighted by Gasteiger charge is 2.13. The van der Waals surface area contributed by atoms with E-state index in [-0.39, 0.29) is 0 Å². The molecule has 0 fully saturated rings. The fourth-order valence-electron chi connectivity index (χ4n) is 2.25. The Morgan fingerprint density at radius 1 is 1.15 bits per heavy atom. The minimum atomic E-state index is 0.508. The van der Waals surface area contributed by atoms with Gasteiger partial charge in [0.25, 0.3) is 0 Å². The molecule has 0 saturated carbocycles. The maximum atomic E-state index is 4.59. The zero-order valence-corrected chi connectivity index (χ0v) is 12.9. The lowest BCUT2D eigenvalue weighted by molar-refractivity contribution is 0.589. The molecule has 20 heavy (non-hydrogen) atoms. The molecule has 5 heteroatoms. The van der Waals surface area contributed by atoms with Gasteiger partial charge in [-0.25, -0.2) is 4.68 Å². The van der Waals surface area contributed by atoms with Crippen molar-refractivity contribution in [3.05, 3.63) is 34.8 Å². The van der Waals surface area contributed by atoms with E-state index in [1.807, 2.05) is 23.7 Å². The molecule has 2 aromatic heterocycles. The molecule has 2 aromatic rings. The molecule has 0 unspecified atom stereocenters. The van der Waals surface area contributed by atoms with Gasteiger partial charge in [-0.15, -0.1) is 5.10 Å². The van der Waals surface area contributed by atoms with Crippen molar-refractivity contribution < 1.29 is 0 Å². The predicted octanol–water partition coefficient (Wildman–Crippen LogP) is 2.13. The molecule has 0 aromatic carbocycles. The predicted molar refractivity (Wildman–Crippen MR) is 80.2 cm³/mol. The maximum absolute atomic E-state index is 4.59. The van der Waals surface area contributed by atoms with Crippen molar-refractivity contribution in [3.8, 4) is 5.82 Å². The van der Waals surface area contributed by atoms with Gasteiger partial charge in [0.1, 0.15) is 0 Å². The van der Waals surface area contributed by atoms with Crippen LogP contribution in [0.15, 0.2) is 12.1 Å². The van der Waals surface area contributed by atoms with Crippen LogP contribution in [-0.2, 0) is 6.42 Å². The van der Waals surface area contributed by atoms with Gasteiger partial charge < -0.3 is 5.32 Å². The van der Waals surface area contributed by atoms with Gasteiger partial charge in [-0.2, -0.15) is 10.2 Å². The lowest BCUT2D eigenvalue weighted by atomic mass is 10.1. The van der Waals surface area contributed by atoms with E-state index >= 15 is 0 Å². The molecule has 0 saturated heterocycles. The van der Waals surface area contributed by atoms with Gasteiger partial charge in [0.15, 0.2) is 5.82 Å². The fraction of sp³-hybridized carbons (Fsp3) is 0.533. The third-order valence-corrected chi connectivity index (χ3v) is 3.37. The molecule has 0 spiro atoms. The summed E-state index contributed by atoms with van der Waals surface area (Å²) in [5.74, 6) is 0.777. The maximum Gasteiger partial charge on any atom is 0.175 e. The van der Waals surface area contributed by atoms with Crippen LogP contribution in [0.4, 0.5) is 0 Å². The zero-order valence-electron chi connectivity index (χ0n) is 12.9. The molecular formula is C15H23N5. The van der Waals surface area contributed by atoms with Gasteiger partial charge in [-0.1, -0.05) is 13.8 Å². The Labute approximate surface area is 120 Å². The van der Waals surface area contributed by atoms with Crippen LogP contribution in [0.2, 0.25) is 0 Å². The minimum absolute atomic E-state index is 0.508. The molecule has 0 amide bonds. The van der Waals surface area contributed by atoms with Crippen molar-refractivity contribution >= 4 is 0 Å². The Morgan fingerprint density at radius 2 is 1.90 bits per heavy atom. The van der Waals surface area contributed by atoms with Crippen LogP contribution in [0, 0.1) is 20.8 Å². The van der Waals surface area contributed by atoms with Gasteiger partial charge in [0.05, 0.1) is 11.4 Å². The molecule has 0 aliphatic carbocycles. The van der Waals surface area contributed by atoms with E-state index in [9.17, 15) is 0 Å². The van der Waals surface area contributed by atoms with Gasteiger partial charge in [0, 0.05) is 11.7 Å². The molecule has 0 radical (unpaired) electrons. The van der Waals surface area contributed by atoms with Crippen LogP contribution in [0.3, 0.4) is 0 Å². The van der Waals surface area contributed by atoms with E-state index in [2.05, 4.69) is 48.3 Å². The van der Waals surface area contributed by atoms with Crippen LogP contribution in [0.25, 0.3) is 5.82 Å². The lowest BCUT2D eigenvalue weighted by Crippen LogP contribution is -2.25. The van der Waals surface area contributed by atoms with Crippen LogP contribution >= 0.6 is 0 Å². The smallest absolute Gasteiger partial charge is 0.175 e. The van der Waals surface area contributed by atoms with Gasteiger partial charge in [0.2, 0.25) is 0 Å². The van der Waals surface area contributed by atoms with Gasteiger partial charge >= 0.3 is 0 Å². The number of aryl methyl sites for hydroxylation is 2. The summed E-state index contributed by atoms with van der Waals surface area (Å²) in [4.78, 5) is 0. The normalized spacial score (nSPS) is 11.3. The highest BCUT2D eigenvalue weighted by atomic mass is 15.3. The number of nitrogens with zero attached hydrogens (tertiary/aromatic N) is 4. The van der Waals surface area contributed by atoms with Crippen LogP contribution < -0.4 is 5.32 Å². The monoisotopic (exact) mass is 273 g/mol. The molecule has 0 aliphatic heterocycles. The molecule has 0 atom stereocenters. The quantitative estimate of drug-likeness (QED) is 0.906. The number of aromatic nitrogens is 4. The highest BCUT2D eigenvalue weighted by Crippen LogP contribution is 2.16. The number of hydrogen-bond acceptors (Lipinski definition) is 4.